The van der Waals surface area contributed by atoms with Gasteiger partial charge in [-0.15, -0.1) is 0 Å². The molecule has 3 rings (SSSR count). The average Bonchev–Trinajstić information content (AvgIpc) is 3.25. The van der Waals surface area contributed by atoms with E-state index in [9.17, 15) is 0 Å². The number of hydrogen-bond acceptors (Lipinski definition) is 3. The van der Waals surface area contributed by atoms with Crippen molar-refractivity contribution in [2.75, 3.05) is 32.8 Å². The smallest absolute Gasteiger partial charge is 0.0936 e. The molecular formula is C15H27NO2. The minimum atomic E-state index is 0.523. The van der Waals surface area contributed by atoms with Crippen LogP contribution in [0.1, 0.15) is 39.0 Å². The zero-order valence-electron chi connectivity index (χ0n) is 11.6. The Morgan fingerprint density at radius 2 is 1.56 bits per heavy atom. The molecule has 1 aliphatic carbocycles. The molecule has 18 heavy (non-hydrogen) atoms. The van der Waals surface area contributed by atoms with Gasteiger partial charge < -0.3 is 9.47 Å². The van der Waals surface area contributed by atoms with Crippen molar-refractivity contribution in [1.82, 2.24) is 4.90 Å². The van der Waals surface area contributed by atoms with Gasteiger partial charge in [0.15, 0.2) is 0 Å². The maximum Gasteiger partial charge on any atom is 0.0936 e. The van der Waals surface area contributed by atoms with Crippen LogP contribution in [0, 0.1) is 11.8 Å². The van der Waals surface area contributed by atoms with Crippen molar-refractivity contribution < 1.29 is 9.47 Å². The molecule has 3 heteroatoms. The van der Waals surface area contributed by atoms with Gasteiger partial charge in [0.2, 0.25) is 0 Å². The Hall–Kier alpha value is -0.120. The van der Waals surface area contributed by atoms with E-state index in [1.165, 1.54) is 38.6 Å². The standard InChI is InChI=1S/C15H27NO2/c1-2-12-4-3-5-13(6-12)7-16(8-14-10-17-14)9-15-11-18-15/h12-15H,2-11H2,1H3. The normalized spacial score (nSPS) is 39.0. The molecule has 0 amide bonds. The molecule has 0 aromatic rings. The minimum absolute atomic E-state index is 0.523. The van der Waals surface area contributed by atoms with Gasteiger partial charge in [0, 0.05) is 19.6 Å². The van der Waals surface area contributed by atoms with Crippen molar-refractivity contribution in [3.05, 3.63) is 0 Å². The highest BCUT2D eigenvalue weighted by molar-refractivity contribution is 4.83. The summed E-state index contributed by atoms with van der Waals surface area (Å²) in [6, 6.07) is 0. The molecule has 0 N–H and O–H groups in total. The summed E-state index contributed by atoms with van der Waals surface area (Å²) in [7, 11) is 0. The predicted molar refractivity (Wildman–Crippen MR) is 71.7 cm³/mol. The first kappa shape index (κ1) is 12.9. The highest BCUT2D eigenvalue weighted by Crippen LogP contribution is 2.32. The van der Waals surface area contributed by atoms with E-state index in [1.807, 2.05) is 0 Å². The highest BCUT2D eigenvalue weighted by atomic mass is 16.6. The third-order valence-electron chi connectivity index (χ3n) is 4.71. The summed E-state index contributed by atoms with van der Waals surface area (Å²) >= 11 is 0. The fourth-order valence-corrected chi connectivity index (χ4v) is 3.45. The summed E-state index contributed by atoms with van der Waals surface area (Å²) in [4.78, 5) is 2.61. The molecule has 3 aliphatic rings. The molecule has 3 fully saturated rings. The summed E-state index contributed by atoms with van der Waals surface area (Å²) in [5.74, 6) is 1.90. The molecule has 2 aliphatic heterocycles. The summed E-state index contributed by atoms with van der Waals surface area (Å²) in [5, 5.41) is 0. The van der Waals surface area contributed by atoms with Crippen LogP contribution in [0.4, 0.5) is 0 Å². The van der Waals surface area contributed by atoms with E-state index in [0.29, 0.717) is 12.2 Å². The van der Waals surface area contributed by atoms with Crippen molar-refractivity contribution >= 4 is 0 Å². The fourth-order valence-electron chi connectivity index (χ4n) is 3.45. The maximum atomic E-state index is 5.39. The lowest BCUT2D eigenvalue weighted by atomic mass is 9.80. The van der Waals surface area contributed by atoms with Gasteiger partial charge in [-0.25, -0.2) is 0 Å². The van der Waals surface area contributed by atoms with Gasteiger partial charge >= 0.3 is 0 Å². The summed E-state index contributed by atoms with van der Waals surface area (Å²) in [6.07, 6.45) is 8.20. The van der Waals surface area contributed by atoms with E-state index in [0.717, 1.165) is 38.1 Å². The molecule has 104 valence electrons. The van der Waals surface area contributed by atoms with Crippen molar-refractivity contribution in [2.45, 2.75) is 51.2 Å². The highest BCUT2D eigenvalue weighted by Gasteiger charge is 2.32. The lowest BCUT2D eigenvalue weighted by molar-refractivity contribution is 0.153. The van der Waals surface area contributed by atoms with Gasteiger partial charge in [0.25, 0.3) is 0 Å². The average molecular weight is 253 g/mol. The lowest BCUT2D eigenvalue weighted by Gasteiger charge is -2.32. The Kier molecular flexibility index (Phi) is 4.22. The molecule has 4 unspecified atom stereocenters. The van der Waals surface area contributed by atoms with Crippen molar-refractivity contribution in [2.24, 2.45) is 11.8 Å². The van der Waals surface area contributed by atoms with Crippen LogP contribution in [0.3, 0.4) is 0 Å². The molecule has 0 bridgehead atoms. The second kappa shape index (κ2) is 5.89. The Morgan fingerprint density at radius 3 is 2.11 bits per heavy atom. The molecule has 3 nitrogen and oxygen atoms in total. The zero-order chi connectivity index (χ0) is 12.4. The van der Waals surface area contributed by atoms with Crippen LogP contribution in [0.25, 0.3) is 0 Å². The van der Waals surface area contributed by atoms with Crippen molar-refractivity contribution in [3.63, 3.8) is 0 Å². The van der Waals surface area contributed by atoms with Gasteiger partial charge in [-0.1, -0.05) is 26.2 Å². The van der Waals surface area contributed by atoms with Gasteiger partial charge in [-0.05, 0) is 24.7 Å². The summed E-state index contributed by atoms with van der Waals surface area (Å²) < 4.78 is 10.8. The number of epoxide rings is 2. The molecule has 0 radical (unpaired) electrons. The largest absolute Gasteiger partial charge is 0.372 e. The Balaban J connectivity index is 1.46. The number of rotatable bonds is 7. The predicted octanol–water partition coefficient (Wildman–Crippen LogP) is 2.30. The van der Waals surface area contributed by atoms with Crippen LogP contribution in [0.2, 0.25) is 0 Å². The first-order valence-electron chi connectivity index (χ1n) is 7.79. The first-order valence-corrected chi connectivity index (χ1v) is 7.79. The zero-order valence-corrected chi connectivity index (χ0v) is 11.6. The van der Waals surface area contributed by atoms with Crippen LogP contribution < -0.4 is 0 Å². The topological polar surface area (TPSA) is 28.3 Å². The molecule has 2 heterocycles. The molecular weight excluding hydrogens is 226 g/mol. The maximum absolute atomic E-state index is 5.39. The van der Waals surface area contributed by atoms with E-state index in [1.54, 1.807) is 0 Å². The molecule has 0 aromatic carbocycles. The van der Waals surface area contributed by atoms with E-state index >= 15 is 0 Å². The van der Waals surface area contributed by atoms with Crippen molar-refractivity contribution in [3.8, 4) is 0 Å². The van der Waals surface area contributed by atoms with Crippen LogP contribution in [-0.2, 0) is 9.47 Å². The number of hydrogen-bond donors (Lipinski definition) is 0. The van der Waals surface area contributed by atoms with Crippen LogP contribution >= 0.6 is 0 Å². The Labute approximate surface area is 111 Å². The minimum Gasteiger partial charge on any atom is -0.372 e. The van der Waals surface area contributed by atoms with Gasteiger partial charge in [-0.2, -0.15) is 0 Å². The van der Waals surface area contributed by atoms with Gasteiger partial charge in [-0.3, -0.25) is 4.90 Å². The molecule has 4 atom stereocenters. The fraction of sp³-hybridized carbons (Fsp3) is 1.00. The number of ether oxygens (including phenoxy) is 2. The van der Waals surface area contributed by atoms with E-state index < -0.39 is 0 Å². The number of nitrogens with zero attached hydrogens (tertiary/aromatic N) is 1. The van der Waals surface area contributed by atoms with Gasteiger partial charge in [0.1, 0.15) is 0 Å². The monoisotopic (exact) mass is 253 g/mol. The van der Waals surface area contributed by atoms with E-state index in [2.05, 4.69) is 11.8 Å². The Bertz CT molecular complexity index is 249. The summed E-state index contributed by atoms with van der Waals surface area (Å²) in [5.41, 5.74) is 0. The lowest BCUT2D eigenvalue weighted by Crippen LogP contribution is -2.37. The molecule has 2 saturated heterocycles. The van der Waals surface area contributed by atoms with Crippen LogP contribution in [0.5, 0.6) is 0 Å². The van der Waals surface area contributed by atoms with Crippen LogP contribution in [0.15, 0.2) is 0 Å². The first-order chi connectivity index (χ1) is 8.83. The quantitative estimate of drug-likeness (QED) is 0.652. The third kappa shape index (κ3) is 3.94. The van der Waals surface area contributed by atoms with E-state index in [4.69, 9.17) is 9.47 Å². The van der Waals surface area contributed by atoms with Crippen molar-refractivity contribution in [1.29, 1.82) is 0 Å². The van der Waals surface area contributed by atoms with Gasteiger partial charge in [0.05, 0.1) is 25.4 Å². The second-order valence-electron chi connectivity index (χ2n) is 6.44. The summed E-state index contributed by atoms with van der Waals surface area (Å²) in [6.45, 7) is 7.84. The molecule has 0 spiro atoms. The Morgan fingerprint density at radius 1 is 0.944 bits per heavy atom. The van der Waals surface area contributed by atoms with Crippen LogP contribution in [-0.4, -0.2) is 50.0 Å². The molecule has 1 saturated carbocycles. The third-order valence-corrected chi connectivity index (χ3v) is 4.71. The molecule has 0 aromatic heterocycles. The SMILES string of the molecule is CCC1CCCC(CN(CC2CO2)CC2CO2)C1. The van der Waals surface area contributed by atoms with E-state index in [-0.39, 0.29) is 0 Å². The second-order valence-corrected chi connectivity index (χ2v) is 6.44.